The molecule has 0 aromatic carbocycles. The van der Waals surface area contributed by atoms with Gasteiger partial charge in [0.2, 0.25) is 0 Å². The minimum atomic E-state index is -0.651. The molecule has 0 radical (unpaired) electrons. The van der Waals surface area contributed by atoms with Crippen LogP contribution in [0.15, 0.2) is 23.3 Å². The van der Waals surface area contributed by atoms with Crippen molar-refractivity contribution in [3.8, 4) is 6.07 Å². The Bertz CT molecular complexity index is 1040. The van der Waals surface area contributed by atoms with E-state index in [-0.39, 0.29) is 39.4 Å². The monoisotopic (exact) mass is 494 g/mol. The Morgan fingerprint density at radius 3 is 2.31 bits per heavy atom. The Balaban J connectivity index is 2.03. The van der Waals surface area contributed by atoms with Gasteiger partial charge in [0, 0.05) is 16.4 Å². The Hall–Kier alpha value is -1.73. The van der Waals surface area contributed by atoms with Crippen molar-refractivity contribution in [3.05, 3.63) is 23.3 Å². The molecule has 4 nitrogen and oxygen atoms in total. The van der Waals surface area contributed by atoms with Gasteiger partial charge in [-0.1, -0.05) is 74.0 Å². The lowest BCUT2D eigenvalue weighted by atomic mass is 9.42. The van der Waals surface area contributed by atoms with Crippen LogP contribution in [0.25, 0.3) is 0 Å². The third-order valence-corrected chi connectivity index (χ3v) is 11.3. The maximum atomic E-state index is 13.2. The summed E-state index contributed by atoms with van der Waals surface area (Å²) in [6, 6.07) is 2.17. The number of carbonyl (C=O) groups is 2. The summed E-state index contributed by atoms with van der Waals surface area (Å²) in [5, 5.41) is 9.84. The Morgan fingerprint density at radius 1 is 1.17 bits per heavy atom. The average molecular weight is 495 g/mol. The van der Waals surface area contributed by atoms with Crippen LogP contribution in [0.1, 0.15) is 114 Å². The molecule has 3 aliphatic rings. The van der Waals surface area contributed by atoms with Crippen LogP contribution < -0.4 is 5.73 Å². The Labute approximate surface area is 220 Å². The molecule has 1 unspecified atom stereocenters. The van der Waals surface area contributed by atoms with Crippen LogP contribution in [-0.2, 0) is 9.59 Å². The maximum Gasteiger partial charge on any atom is 0.178 e. The van der Waals surface area contributed by atoms with Gasteiger partial charge in [-0.2, -0.15) is 5.26 Å². The molecule has 4 heteroatoms. The minimum Gasteiger partial charge on any atom is -0.325 e. The minimum absolute atomic E-state index is 0.0222. The molecule has 0 heterocycles. The van der Waals surface area contributed by atoms with E-state index < -0.39 is 10.8 Å². The summed E-state index contributed by atoms with van der Waals surface area (Å²) in [6.07, 6.45) is 10.8. The second-order valence-corrected chi connectivity index (χ2v) is 15.0. The smallest absolute Gasteiger partial charge is 0.178 e. The second-order valence-electron chi connectivity index (χ2n) is 15.0. The van der Waals surface area contributed by atoms with Gasteiger partial charge in [0.25, 0.3) is 0 Å². The number of hydrogen-bond donors (Lipinski definition) is 1. The molecule has 3 aliphatic carbocycles. The fourth-order valence-electron chi connectivity index (χ4n) is 8.26. The first-order chi connectivity index (χ1) is 16.3. The van der Waals surface area contributed by atoms with E-state index in [0.29, 0.717) is 11.3 Å². The van der Waals surface area contributed by atoms with Crippen LogP contribution in [0, 0.1) is 50.2 Å². The normalized spacial score (nSPS) is 39.2. The van der Waals surface area contributed by atoms with Crippen LogP contribution in [-0.4, -0.2) is 17.1 Å². The first-order valence-electron chi connectivity index (χ1n) is 14.0. The molecule has 5 atom stereocenters. The molecule has 0 aromatic heterocycles. The third-order valence-electron chi connectivity index (χ3n) is 11.3. The second kappa shape index (κ2) is 8.93. The lowest BCUT2D eigenvalue weighted by molar-refractivity contribution is -0.131. The summed E-state index contributed by atoms with van der Waals surface area (Å²) in [6.45, 7) is 21.7. The van der Waals surface area contributed by atoms with E-state index in [1.54, 1.807) is 6.92 Å². The van der Waals surface area contributed by atoms with Gasteiger partial charge in [0.15, 0.2) is 11.6 Å². The van der Waals surface area contributed by atoms with Crippen molar-refractivity contribution in [3.63, 3.8) is 0 Å². The quantitative estimate of drug-likeness (QED) is 0.405. The SMILES string of the molecule is CC(=O)/C=C1/[C@@]2(C)C=C(C#N)C(=O)C(C)(C)[C@@H]2CC[C@@]1(C)C(C)(C)CC[C@@]1(N)CCC(C)(C)CC1C. The van der Waals surface area contributed by atoms with Crippen molar-refractivity contribution in [2.24, 2.45) is 44.6 Å². The predicted octanol–water partition coefficient (Wildman–Crippen LogP) is 7.33. The van der Waals surface area contributed by atoms with Crippen molar-refractivity contribution >= 4 is 11.6 Å². The van der Waals surface area contributed by atoms with Gasteiger partial charge >= 0.3 is 0 Å². The molecular weight excluding hydrogens is 444 g/mol. The molecule has 200 valence electrons. The number of allylic oxidation sites excluding steroid dienone is 4. The molecule has 0 spiro atoms. The van der Waals surface area contributed by atoms with Gasteiger partial charge in [-0.05, 0) is 86.0 Å². The first kappa shape index (κ1) is 28.8. The zero-order valence-electron chi connectivity index (χ0n) is 24.6. The van der Waals surface area contributed by atoms with Crippen molar-refractivity contribution in [2.45, 2.75) is 120 Å². The van der Waals surface area contributed by atoms with Crippen LogP contribution in [0.4, 0.5) is 0 Å². The number of hydrogen-bond acceptors (Lipinski definition) is 4. The van der Waals surface area contributed by atoms with Crippen LogP contribution in [0.5, 0.6) is 0 Å². The summed E-state index contributed by atoms with van der Waals surface area (Å²) >= 11 is 0. The van der Waals surface area contributed by atoms with Gasteiger partial charge < -0.3 is 5.73 Å². The molecule has 0 bridgehead atoms. The lowest BCUT2D eigenvalue weighted by Gasteiger charge is -2.61. The van der Waals surface area contributed by atoms with Gasteiger partial charge in [-0.25, -0.2) is 0 Å². The molecular formula is C32H50N2O2. The maximum absolute atomic E-state index is 13.2. The molecule has 2 fully saturated rings. The summed E-state index contributed by atoms with van der Waals surface area (Å²) in [5.74, 6) is 0.466. The number of ketones is 2. The highest BCUT2D eigenvalue weighted by Gasteiger charge is 2.61. The summed E-state index contributed by atoms with van der Waals surface area (Å²) in [5.41, 5.74) is 7.03. The Morgan fingerprint density at radius 2 is 1.78 bits per heavy atom. The molecule has 3 rings (SSSR count). The molecule has 0 saturated heterocycles. The van der Waals surface area contributed by atoms with E-state index >= 15 is 0 Å². The van der Waals surface area contributed by atoms with E-state index in [1.807, 2.05) is 26.0 Å². The predicted molar refractivity (Wildman–Crippen MR) is 147 cm³/mol. The summed E-state index contributed by atoms with van der Waals surface area (Å²) in [7, 11) is 0. The number of carbonyl (C=O) groups excluding carboxylic acids is 2. The van der Waals surface area contributed by atoms with Crippen LogP contribution in [0.2, 0.25) is 0 Å². The standard InChI is InChI=1S/C32H50N2O2/c1-21-18-27(3,4)13-15-32(21,34)16-14-28(5,6)31(10)12-11-24-29(7,8)26(36)23(20-33)19-30(24,9)25(31)17-22(2)35/h17,19,21,24H,11-16,18,34H2,1-10H3/b25-17-/t21?,24-,30-,31+,32-/m0/s1. The first-order valence-corrected chi connectivity index (χ1v) is 14.0. The average Bonchev–Trinajstić information content (AvgIpc) is 2.75. The van der Waals surface area contributed by atoms with Crippen LogP contribution in [0.3, 0.4) is 0 Å². The topological polar surface area (TPSA) is 84.0 Å². The third kappa shape index (κ3) is 4.55. The highest BCUT2D eigenvalue weighted by atomic mass is 16.1. The summed E-state index contributed by atoms with van der Waals surface area (Å²) < 4.78 is 0. The molecule has 0 aromatic rings. The number of nitriles is 1. The molecule has 0 aliphatic heterocycles. The fraction of sp³-hybridized carbons (Fsp3) is 0.781. The van der Waals surface area contributed by atoms with E-state index in [4.69, 9.17) is 5.73 Å². The van der Waals surface area contributed by atoms with Gasteiger partial charge in [-0.3, -0.25) is 9.59 Å². The number of fused-ring (bicyclic) bond motifs is 1. The number of nitrogens with zero attached hydrogens (tertiary/aromatic N) is 1. The molecule has 2 saturated carbocycles. The van der Waals surface area contributed by atoms with Crippen molar-refractivity contribution in [1.29, 1.82) is 5.26 Å². The zero-order chi connectivity index (χ0) is 27.5. The fourth-order valence-corrected chi connectivity index (χ4v) is 8.26. The van der Waals surface area contributed by atoms with Gasteiger partial charge in [0.05, 0.1) is 5.57 Å². The lowest BCUT2D eigenvalue weighted by Crippen LogP contribution is -2.56. The van der Waals surface area contributed by atoms with E-state index in [2.05, 4.69) is 54.5 Å². The van der Waals surface area contributed by atoms with Crippen molar-refractivity contribution in [1.82, 2.24) is 0 Å². The van der Waals surface area contributed by atoms with Gasteiger partial charge in [0.1, 0.15) is 6.07 Å². The Kier molecular flexibility index (Phi) is 7.16. The van der Waals surface area contributed by atoms with Crippen molar-refractivity contribution in [2.75, 3.05) is 0 Å². The van der Waals surface area contributed by atoms with E-state index in [0.717, 1.165) is 50.5 Å². The van der Waals surface area contributed by atoms with Crippen LogP contribution >= 0.6 is 0 Å². The molecule has 2 N–H and O–H groups in total. The highest BCUT2D eigenvalue weighted by Crippen LogP contribution is 2.67. The zero-order valence-corrected chi connectivity index (χ0v) is 24.6. The van der Waals surface area contributed by atoms with E-state index in [9.17, 15) is 14.9 Å². The number of nitrogens with two attached hydrogens (primary N) is 1. The number of rotatable bonds is 5. The number of Topliss-reactive ketones (excluding diaryl/α,β-unsaturated/α-hetero) is 1. The largest absolute Gasteiger partial charge is 0.325 e. The molecule has 36 heavy (non-hydrogen) atoms. The summed E-state index contributed by atoms with van der Waals surface area (Å²) in [4.78, 5) is 25.8. The van der Waals surface area contributed by atoms with E-state index in [1.165, 1.54) is 0 Å². The highest BCUT2D eigenvalue weighted by molar-refractivity contribution is 6.04. The van der Waals surface area contributed by atoms with Crippen molar-refractivity contribution < 1.29 is 9.59 Å². The van der Waals surface area contributed by atoms with Gasteiger partial charge in [-0.15, -0.1) is 0 Å². The molecule has 0 amide bonds.